The van der Waals surface area contributed by atoms with Gasteiger partial charge in [-0.3, -0.25) is 0 Å². The van der Waals surface area contributed by atoms with E-state index in [1.807, 2.05) is 11.9 Å². The van der Waals surface area contributed by atoms with Crippen LogP contribution in [0.2, 0.25) is 5.15 Å². The zero-order chi connectivity index (χ0) is 13.6. The Balaban J connectivity index is 2.02. The Morgan fingerprint density at radius 1 is 1.53 bits per heavy atom. The van der Waals surface area contributed by atoms with Gasteiger partial charge in [-0.25, -0.2) is 8.42 Å². The van der Waals surface area contributed by atoms with Crippen LogP contribution in [0.1, 0.15) is 6.42 Å². The zero-order valence-electron chi connectivity index (χ0n) is 10.2. The van der Waals surface area contributed by atoms with Gasteiger partial charge in [-0.2, -0.15) is 19.6 Å². The third-order valence-electron chi connectivity index (χ3n) is 3.32. The molecular formula is C10H12ClN5O2S. The van der Waals surface area contributed by atoms with Gasteiger partial charge in [-0.05, 0) is 6.42 Å². The lowest BCUT2D eigenvalue weighted by molar-refractivity contribution is 0.600. The summed E-state index contributed by atoms with van der Waals surface area (Å²) in [5, 5.41) is 4.39. The van der Waals surface area contributed by atoms with Gasteiger partial charge in [0, 0.05) is 19.2 Å². The second kappa shape index (κ2) is 4.31. The van der Waals surface area contributed by atoms with Crippen molar-refractivity contribution in [3.63, 3.8) is 0 Å². The number of nitrogens with zero attached hydrogens (tertiary/aromatic N) is 5. The van der Waals surface area contributed by atoms with Crippen molar-refractivity contribution in [2.45, 2.75) is 12.5 Å². The third kappa shape index (κ3) is 2.25. The van der Waals surface area contributed by atoms with E-state index >= 15 is 0 Å². The predicted molar refractivity (Wildman–Crippen MR) is 71.3 cm³/mol. The minimum Gasteiger partial charge on any atom is -0.355 e. The highest BCUT2D eigenvalue weighted by Gasteiger charge is 2.31. The van der Waals surface area contributed by atoms with Crippen LogP contribution in [0.15, 0.2) is 12.4 Å². The molecule has 0 saturated carbocycles. The van der Waals surface area contributed by atoms with Crippen LogP contribution < -0.4 is 4.90 Å². The molecule has 0 bridgehead atoms. The maximum absolute atomic E-state index is 11.6. The van der Waals surface area contributed by atoms with Crippen molar-refractivity contribution < 1.29 is 8.42 Å². The molecule has 3 heterocycles. The summed E-state index contributed by atoms with van der Waals surface area (Å²) in [6, 6.07) is 1.59. The highest BCUT2D eigenvalue weighted by molar-refractivity contribution is 7.91. The average molecular weight is 302 g/mol. The lowest BCUT2D eigenvalue weighted by atomic mass is 10.2. The number of aromatic nitrogens is 4. The summed E-state index contributed by atoms with van der Waals surface area (Å²) < 4.78 is 24.7. The molecule has 1 aliphatic rings. The number of fused-ring (bicyclic) bond motifs is 1. The minimum absolute atomic E-state index is 0.0733. The zero-order valence-corrected chi connectivity index (χ0v) is 11.8. The van der Waals surface area contributed by atoms with E-state index in [9.17, 15) is 8.42 Å². The third-order valence-corrected chi connectivity index (χ3v) is 5.26. The standard InChI is InChI=1S/C10H12ClN5O2S/c1-15(7-2-3-19(17,18)5-7)9-4-8(11)14-10-12-6-13-16(9)10/h4,6-7H,2-3,5H2,1H3. The predicted octanol–water partition coefficient (Wildman–Crippen LogP) is 0.401. The van der Waals surface area contributed by atoms with Crippen molar-refractivity contribution in [2.24, 2.45) is 0 Å². The average Bonchev–Trinajstić information content (AvgIpc) is 2.93. The van der Waals surface area contributed by atoms with Gasteiger partial charge in [0.2, 0.25) is 0 Å². The summed E-state index contributed by atoms with van der Waals surface area (Å²) in [6.45, 7) is 0. The molecule has 3 rings (SSSR count). The first-order chi connectivity index (χ1) is 8.96. The number of hydrogen-bond acceptors (Lipinski definition) is 6. The monoisotopic (exact) mass is 301 g/mol. The largest absolute Gasteiger partial charge is 0.355 e. The fraction of sp³-hybridized carbons (Fsp3) is 0.500. The number of hydrogen-bond donors (Lipinski definition) is 0. The first kappa shape index (κ1) is 12.6. The van der Waals surface area contributed by atoms with Crippen molar-refractivity contribution in [1.82, 2.24) is 19.6 Å². The molecule has 0 aromatic carbocycles. The summed E-state index contributed by atoms with van der Waals surface area (Å²) in [6.07, 6.45) is 2.00. The molecule has 0 spiro atoms. The van der Waals surface area contributed by atoms with Gasteiger partial charge in [0.25, 0.3) is 5.78 Å². The Kier molecular flexibility index (Phi) is 2.86. The molecule has 1 atom stereocenters. The molecule has 0 aliphatic carbocycles. The summed E-state index contributed by atoms with van der Waals surface area (Å²) in [5.74, 6) is 1.46. The smallest absolute Gasteiger partial charge is 0.255 e. The second-order valence-corrected chi connectivity index (χ2v) is 7.19. The van der Waals surface area contributed by atoms with Crippen molar-refractivity contribution in [3.05, 3.63) is 17.5 Å². The van der Waals surface area contributed by atoms with Crippen LogP contribution in [0, 0.1) is 0 Å². The van der Waals surface area contributed by atoms with Gasteiger partial charge in [-0.1, -0.05) is 11.6 Å². The van der Waals surface area contributed by atoms with Crippen molar-refractivity contribution >= 4 is 33.0 Å². The van der Waals surface area contributed by atoms with E-state index in [-0.39, 0.29) is 17.5 Å². The lowest BCUT2D eigenvalue weighted by Gasteiger charge is -2.25. The highest BCUT2D eigenvalue weighted by Crippen LogP contribution is 2.24. The molecule has 1 fully saturated rings. The molecule has 1 aliphatic heterocycles. The maximum atomic E-state index is 11.6. The highest BCUT2D eigenvalue weighted by atomic mass is 35.5. The van der Waals surface area contributed by atoms with E-state index in [0.717, 1.165) is 0 Å². The quantitative estimate of drug-likeness (QED) is 0.747. The van der Waals surface area contributed by atoms with Crippen LogP contribution in [0.3, 0.4) is 0 Å². The van der Waals surface area contributed by atoms with Crippen LogP contribution in [0.25, 0.3) is 5.78 Å². The van der Waals surface area contributed by atoms with Crippen LogP contribution >= 0.6 is 11.6 Å². The summed E-state index contributed by atoms with van der Waals surface area (Å²) in [7, 11) is -1.10. The first-order valence-corrected chi connectivity index (χ1v) is 7.96. The molecule has 19 heavy (non-hydrogen) atoms. The molecular weight excluding hydrogens is 290 g/mol. The molecule has 7 nitrogen and oxygen atoms in total. The molecule has 2 aromatic heterocycles. The maximum Gasteiger partial charge on any atom is 0.255 e. The molecule has 102 valence electrons. The molecule has 1 saturated heterocycles. The molecule has 0 radical (unpaired) electrons. The number of rotatable bonds is 2. The summed E-state index contributed by atoms with van der Waals surface area (Å²) >= 11 is 5.95. The lowest BCUT2D eigenvalue weighted by Crippen LogP contribution is -2.34. The SMILES string of the molecule is CN(c1cc(Cl)nc2ncnn12)C1CCS(=O)(=O)C1. The van der Waals surface area contributed by atoms with Gasteiger partial charge < -0.3 is 4.90 Å². The Morgan fingerprint density at radius 2 is 2.32 bits per heavy atom. The number of halogens is 1. The fourth-order valence-electron chi connectivity index (χ4n) is 2.29. The minimum atomic E-state index is -2.93. The molecule has 1 unspecified atom stereocenters. The van der Waals surface area contributed by atoms with Gasteiger partial charge >= 0.3 is 0 Å². The van der Waals surface area contributed by atoms with E-state index < -0.39 is 9.84 Å². The molecule has 0 amide bonds. The van der Waals surface area contributed by atoms with E-state index in [4.69, 9.17) is 11.6 Å². The van der Waals surface area contributed by atoms with Crippen molar-refractivity contribution in [2.75, 3.05) is 23.5 Å². The van der Waals surface area contributed by atoms with E-state index in [1.165, 1.54) is 6.33 Å². The Morgan fingerprint density at radius 3 is 3.00 bits per heavy atom. The van der Waals surface area contributed by atoms with Crippen LogP contribution in [-0.2, 0) is 9.84 Å². The first-order valence-electron chi connectivity index (χ1n) is 5.76. The summed E-state index contributed by atoms with van der Waals surface area (Å²) in [5.41, 5.74) is 0. The van der Waals surface area contributed by atoms with Gasteiger partial charge in [-0.15, -0.1) is 0 Å². The fourth-order valence-corrected chi connectivity index (χ4v) is 4.24. The Labute approximate surface area is 115 Å². The topological polar surface area (TPSA) is 80.5 Å². The van der Waals surface area contributed by atoms with Gasteiger partial charge in [0.1, 0.15) is 17.3 Å². The van der Waals surface area contributed by atoms with E-state index in [0.29, 0.717) is 23.2 Å². The van der Waals surface area contributed by atoms with E-state index in [1.54, 1.807) is 10.6 Å². The van der Waals surface area contributed by atoms with Gasteiger partial charge in [0.15, 0.2) is 9.84 Å². The molecule has 9 heteroatoms. The number of sulfone groups is 1. The van der Waals surface area contributed by atoms with Crippen LogP contribution in [-0.4, -0.2) is 52.6 Å². The Bertz CT molecular complexity index is 729. The van der Waals surface area contributed by atoms with Crippen molar-refractivity contribution in [3.8, 4) is 0 Å². The van der Waals surface area contributed by atoms with Gasteiger partial charge in [0.05, 0.1) is 11.5 Å². The molecule has 0 N–H and O–H groups in total. The van der Waals surface area contributed by atoms with Crippen LogP contribution in [0.5, 0.6) is 0 Å². The second-order valence-electron chi connectivity index (χ2n) is 4.58. The van der Waals surface area contributed by atoms with E-state index in [2.05, 4.69) is 15.1 Å². The normalized spacial score (nSPS) is 21.9. The Hall–Kier alpha value is -1.41. The van der Waals surface area contributed by atoms with Crippen molar-refractivity contribution in [1.29, 1.82) is 0 Å². The number of anilines is 1. The van der Waals surface area contributed by atoms with Crippen LogP contribution in [0.4, 0.5) is 5.82 Å². The summed E-state index contributed by atoms with van der Waals surface area (Å²) in [4.78, 5) is 9.91. The molecule has 2 aromatic rings.